The molecule has 0 N–H and O–H groups in total. The lowest BCUT2D eigenvalue weighted by molar-refractivity contribution is -0.167. The van der Waals surface area contributed by atoms with Gasteiger partial charge in [0.15, 0.2) is 6.10 Å². The first kappa shape index (κ1) is 61.9. The Morgan fingerprint density at radius 2 is 0.554 bits per heavy atom. The lowest BCUT2D eigenvalue weighted by Crippen LogP contribution is -2.30. The fourth-order valence-electron chi connectivity index (χ4n) is 7.47. The van der Waals surface area contributed by atoms with Crippen molar-refractivity contribution < 1.29 is 28.6 Å². The van der Waals surface area contributed by atoms with Gasteiger partial charge in [0.05, 0.1) is 0 Å². The van der Waals surface area contributed by atoms with E-state index in [2.05, 4.69) is 93.7 Å². The second-order valence-corrected chi connectivity index (χ2v) is 18.1. The molecule has 6 nitrogen and oxygen atoms in total. The van der Waals surface area contributed by atoms with Gasteiger partial charge in [-0.25, -0.2) is 0 Å². The van der Waals surface area contributed by atoms with Crippen LogP contribution in [0.2, 0.25) is 0 Å². The van der Waals surface area contributed by atoms with Crippen molar-refractivity contribution in [3.63, 3.8) is 0 Å². The van der Waals surface area contributed by atoms with E-state index in [0.717, 1.165) is 109 Å². The lowest BCUT2D eigenvalue weighted by atomic mass is 10.1. The summed E-state index contributed by atoms with van der Waals surface area (Å²) in [5, 5.41) is 0. The van der Waals surface area contributed by atoms with Crippen LogP contribution in [0, 0.1) is 0 Å². The molecule has 0 saturated heterocycles. The van der Waals surface area contributed by atoms with Gasteiger partial charge in [-0.15, -0.1) is 0 Å². The Hall–Kier alpha value is -3.15. The van der Waals surface area contributed by atoms with Crippen LogP contribution < -0.4 is 0 Å². The quantitative estimate of drug-likeness (QED) is 0.0262. The van der Waals surface area contributed by atoms with E-state index in [1.165, 1.54) is 116 Å². The van der Waals surface area contributed by atoms with Crippen molar-refractivity contribution >= 4 is 17.9 Å². The van der Waals surface area contributed by atoms with Crippen molar-refractivity contribution in [3.05, 3.63) is 72.9 Å². The summed E-state index contributed by atoms with van der Waals surface area (Å²) in [4.78, 5) is 38.1. The van der Waals surface area contributed by atoms with Crippen LogP contribution in [0.25, 0.3) is 0 Å². The van der Waals surface area contributed by atoms with Gasteiger partial charge in [0.2, 0.25) is 0 Å². The van der Waals surface area contributed by atoms with Crippen molar-refractivity contribution in [1.29, 1.82) is 0 Å². The average Bonchev–Trinajstić information content (AvgIpc) is 3.30. The Kier molecular flexibility index (Phi) is 50.9. The van der Waals surface area contributed by atoms with Crippen LogP contribution in [0.4, 0.5) is 0 Å². The van der Waals surface area contributed by atoms with E-state index in [9.17, 15) is 14.4 Å². The number of allylic oxidation sites excluding steroid dienone is 12. The Balaban J connectivity index is 4.45. The van der Waals surface area contributed by atoms with Crippen LogP contribution in [0.5, 0.6) is 0 Å². The van der Waals surface area contributed by atoms with Crippen LogP contribution in [0.15, 0.2) is 72.9 Å². The third-order valence-corrected chi connectivity index (χ3v) is 11.7. The van der Waals surface area contributed by atoms with Gasteiger partial charge in [0, 0.05) is 19.3 Å². The monoisotopic (exact) mass is 907 g/mol. The molecule has 0 heterocycles. The van der Waals surface area contributed by atoms with Gasteiger partial charge in [-0.05, 0) is 116 Å². The molecule has 0 bridgehead atoms. The van der Waals surface area contributed by atoms with E-state index in [1.54, 1.807) is 0 Å². The third-order valence-electron chi connectivity index (χ3n) is 11.7. The highest BCUT2D eigenvalue weighted by Gasteiger charge is 2.19. The van der Waals surface area contributed by atoms with Crippen LogP contribution >= 0.6 is 0 Å². The zero-order valence-corrected chi connectivity index (χ0v) is 42.7. The summed E-state index contributed by atoms with van der Waals surface area (Å²) in [5.41, 5.74) is 0. The highest BCUT2D eigenvalue weighted by Crippen LogP contribution is 2.14. The Labute approximate surface area is 402 Å². The van der Waals surface area contributed by atoms with Crippen molar-refractivity contribution in [3.8, 4) is 0 Å². The molecule has 0 aromatic carbocycles. The molecule has 0 amide bonds. The molecule has 6 heteroatoms. The fraction of sp³-hybridized carbons (Fsp3) is 0.746. The van der Waals surface area contributed by atoms with E-state index in [4.69, 9.17) is 14.2 Å². The molecular weight excluding hydrogens is 805 g/mol. The molecular formula is C59H102O6. The maximum absolute atomic E-state index is 12.8. The minimum Gasteiger partial charge on any atom is -0.462 e. The Bertz CT molecular complexity index is 1230. The van der Waals surface area contributed by atoms with Gasteiger partial charge in [0.1, 0.15) is 13.2 Å². The molecule has 0 spiro atoms. The van der Waals surface area contributed by atoms with Gasteiger partial charge >= 0.3 is 17.9 Å². The second kappa shape index (κ2) is 53.5. The van der Waals surface area contributed by atoms with Gasteiger partial charge < -0.3 is 14.2 Å². The zero-order chi connectivity index (χ0) is 47.2. The van der Waals surface area contributed by atoms with Crippen LogP contribution in [0.1, 0.15) is 265 Å². The smallest absolute Gasteiger partial charge is 0.306 e. The highest BCUT2D eigenvalue weighted by atomic mass is 16.6. The van der Waals surface area contributed by atoms with E-state index in [0.29, 0.717) is 19.3 Å². The molecule has 0 aliphatic carbocycles. The van der Waals surface area contributed by atoms with Gasteiger partial charge in [-0.2, -0.15) is 0 Å². The zero-order valence-electron chi connectivity index (χ0n) is 42.7. The van der Waals surface area contributed by atoms with Crippen molar-refractivity contribution in [1.82, 2.24) is 0 Å². The maximum Gasteiger partial charge on any atom is 0.306 e. The number of carbonyl (C=O) groups excluding carboxylic acids is 3. The third kappa shape index (κ3) is 51.7. The first-order chi connectivity index (χ1) is 32.0. The first-order valence-corrected chi connectivity index (χ1v) is 27.4. The summed E-state index contributed by atoms with van der Waals surface area (Å²) >= 11 is 0. The van der Waals surface area contributed by atoms with E-state index in [-0.39, 0.29) is 31.1 Å². The predicted octanol–water partition coefficient (Wildman–Crippen LogP) is 18.2. The average molecular weight is 907 g/mol. The van der Waals surface area contributed by atoms with E-state index in [1.807, 2.05) is 0 Å². The molecule has 0 saturated carbocycles. The molecule has 0 radical (unpaired) electrons. The summed E-state index contributed by atoms with van der Waals surface area (Å²) in [7, 11) is 0. The fourth-order valence-corrected chi connectivity index (χ4v) is 7.47. The lowest BCUT2D eigenvalue weighted by Gasteiger charge is -2.18. The van der Waals surface area contributed by atoms with Gasteiger partial charge in [-0.3, -0.25) is 14.4 Å². The summed E-state index contributed by atoms with van der Waals surface area (Å²) in [6.45, 7) is 6.55. The molecule has 0 unspecified atom stereocenters. The molecule has 0 aliphatic rings. The number of carbonyl (C=O) groups is 3. The van der Waals surface area contributed by atoms with Crippen molar-refractivity contribution in [2.24, 2.45) is 0 Å². The summed E-state index contributed by atoms with van der Waals surface area (Å²) < 4.78 is 16.8. The molecule has 1 atom stereocenters. The SMILES string of the molecule is CCCCC/C=C/C/C=C/C/C=C/CCCCCCC(=O)OC[C@@H](COC(=O)CCCCCCCCC/C=C/CCCCCC)OC(=O)CCCCCCC/C=C/C/C=C/CCCCC. The summed E-state index contributed by atoms with van der Waals surface area (Å²) in [6, 6.07) is 0. The number of hydrogen-bond donors (Lipinski definition) is 0. The minimum atomic E-state index is -0.794. The number of esters is 3. The molecule has 0 aromatic rings. The molecule has 65 heavy (non-hydrogen) atoms. The number of hydrogen-bond acceptors (Lipinski definition) is 6. The molecule has 0 fully saturated rings. The van der Waals surface area contributed by atoms with Crippen LogP contribution in [-0.4, -0.2) is 37.2 Å². The first-order valence-electron chi connectivity index (χ1n) is 27.4. The molecule has 0 aliphatic heterocycles. The van der Waals surface area contributed by atoms with Crippen molar-refractivity contribution in [2.75, 3.05) is 13.2 Å². The summed E-state index contributed by atoms with van der Waals surface area (Å²) in [5.74, 6) is -0.927. The largest absolute Gasteiger partial charge is 0.462 e. The molecule has 0 aromatic heterocycles. The Morgan fingerprint density at radius 1 is 0.308 bits per heavy atom. The molecule has 374 valence electrons. The standard InChI is InChI=1S/C59H102O6/c1-4-7-10-13-16-19-22-25-28-29-32-34-37-40-43-46-49-52-58(61)64-55-56(65-59(62)53-50-47-44-41-38-35-31-27-24-21-18-15-12-9-6-3)54-63-57(60)51-48-45-42-39-36-33-30-26-23-20-17-14-11-8-5-2/h16,18-21,23,25,27-28,31-32,34,56H,4-15,17,22,24,26,29-30,33,35-55H2,1-3H3/b19-16+,21-18+,23-20+,28-25+,31-27+,34-32+/t56-/m1/s1. The van der Waals surface area contributed by atoms with E-state index < -0.39 is 6.10 Å². The maximum atomic E-state index is 12.8. The van der Waals surface area contributed by atoms with Crippen LogP contribution in [0.3, 0.4) is 0 Å². The normalized spacial score (nSPS) is 12.6. The Morgan fingerprint density at radius 3 is 0.908 bits per heavy atom. The predicted molar refractivity (Wildman–Crippen MR) is 279 cm³/mol. The number of rotatable bonds is 49. The van der Waals surface area contributed by atoms with E-state index >= 15 is 0 Å². The summed E-state index contributed by atoms with van der Waals surface area (Å²) in [6.07, 6.45) is 67.3. The topological polar surface area (TPSA) is 78.9 Å². The van der Waals surface area contributed by atoms with Gasteiger partial charge in [-0.1, -0.05) is 203 Å². The van der Waals surface area contributed by atoms with Crippen molar-refractivity contribution in [2.45, 2.75) is 271 Å². The minimum absolute atomic E-state index is 0.0906. The van der Waals surface area contributed by atoms with Gasteiger partial charge in [0.25, 0.3) is 0 Å². The second-order valence-electron chi connectivity index (χ2n) is 18.1. The molecule has 0 rings (SSSR count). The number of ether oxygens (including phenoxy) is 3. The number of unbranched alkanes of at least 4 members (excludes halogenated alkanes) is 26. The highest BCUT2D eigenvalue weighted by molar-refractivity contribution is 5.71. The van der Waals surface area contributed by atoms with Crippen LogP contribution in [-0.2, 0) is 28.6 Å².